The Bertz CT molecular complexity index is 1500. The normalized spacial score (nSPS) is 14.0. The van der Waals surface area contributed by atoms with Crippen LogP contribution in [0.5, 0.6) is 0 Å². The van der Waals surface area contributed by atoms with Gasteiger partial charge in [-0.25, -0.2) is 4.70 Å². The van der Waals surface area contributed by atoms with Crippen LogP contribution < -0.4 is 0 Å². The fourth-order valence-corrected chi connectivity index (χ4v) is 7.17. The van der Waals surface area contributed by atoms with Gasteiger partial charge >= 0.3 is 0 Å². The summed E-state index contributed by atoms with van der Waals surface area (Å²) in [7, 11) is 0. The predicted molar refractivity (Wildman–Crippen MR) is 213 cm³/mol. The van der Waals surface area contributed by atoms with Gasteiger partial charge in [0.15, 0.2) is 0 Å². The molecule has 1 aliphatic heterocycles. The van der Waals surface area contributed by atoms with Gasteiger partial charge in [-0.15, -0.1) is 23.7 Å². The number of unbranched alkanes of at least 4 members (excludes halogenated alkanes) is 5. The monoisotopic (exact) mass is 659 g/mol. The Hall–Kier alpha value is -3.36. The highest BCUT2D eigenvalue weighted by molar-refractivity contribution is 5.83. The van der Waals surface area contributed by atoms with Gasteiger partial charge in [0.05, 0.1) is 0 Å². The summed E-state index contributed by atoms with van der Waals surface area (Å²) in [4.78, 5) is 0. The summed E-state index contributed by atoms with van der Waals surface area (Å²) < 4.78 is 1.56. The van der Waals surface area contributed by atoms with E-state index in [2.05, 4.69) is 114 Å². The fourth-order valence-electron chi connectivity index (χ4n) is 7.17. The molecule has 2 atom stereocenters. The van der Waals surface area contributed by atoms with E-state index in [0.717, 1.165) is 94.9 Å². The highest BCUT2D eigenvalue weighted by Gasteiger charge is 2.35. The lowest BCUT2D eigenvalue weighted by atomic mass is 9.88. The number of benzene rings is 2. The van der Waals surface area contributed by atoms with Crippen molar-refractivity contribution in [3.63, 3.8) is 0 Å². The standard InChI is InChI=1S/C47H66N2/c1-7-12-17-19-27-39(25-14-9-3)34-36-41-29-21-23-32-44(41)46-38(6)43(31-16-11-5)47(49(46)48)45-33-24-22-30-42(45)37-35-40(26-15-10-4)28-20-18-13-8-2/h21-24,29-30,32-33,39-40H,7-16,25-28,31,34-37H2,1-6H3. The molecule has 0 N–H and O–H groups in total. The van der Waals surface area contributed by atoms with E-state index in [0.29, 0.717) is 11.8 Å². The third-order valence-electron chi connectivity index (χ3n) is 10.2. The van der Waals surface area contributed by atoms with E-state index >= 15 is 0 Å². The van der Waals surface area contributed by atoms with E-state index in [4.69, 9.17) is 0 Å². The Kier molecular flexibility index (Phi) is 18.9. The van der Waals surface area contributed by atoms with Gasteiger partial charge in [0.25, 0.3) is 0 Å². The molecule has 3 rings (SSSR count). The molecule has 2 aromatic carbocycles. The SMILES string of the molecule is CCCC#CCC(CCCC)CCc1ccccc1C1=C(C)C(CCCC)=C(c2ccccc2CCC(CC#CCCC)CCCC)[N+]1=[N-]. The molecule has 0 saturated carbocycles. The van der Waals surface area contributed by atoms with Crippen molar-refractivity contribution in [3.8, 4) is 23.7 Å². The Morgan fingerprint density at radius 2 is 1.02 bits per heavy atom. The fraction of sp³-hybridized carbons (Fsp3) is 0.574. The first kappa shape index (κ1) is 40.1. The minimum Gasteiger partial charge on any atom is -0.493 e. The number of allylic oxidation sites excluding steroid dienone is 2. The molecule has 0 spiro atoms. The van der Waals surface area contributed by atoms with Gasteiger partial charge in [-0.1, -0.05) is 103 Å². The largest absolute Gasteiger partial charge is 0.493 e. The molecule has 2 aromatic rings. The molecule has 264 valence electrons. The number of rotatable bonds is 21. The topological polar surface area (TPSA) is 25.3 Å². The van der Waals surface area contributed by atoms with E-state index in [-0.39, 0.29) is 0 Å². The van der Waals surface area contributed by atoms with E-state index in [9.17, 15) is 5.53 Å². The van der Waals surface area contributed by atoms with Gasteiger partial charge in [-0.3, -0.25) is 0 Å². The van der Waals surface area contributed by atoms with Crippen LogP contribution in [0.25, 0.3) is 16.9 Å². The Balaban J connectivity index is 1.92. The molecule has 2 nitrogen and oxygen atoms in total. The second-order valence-electron chi connectivity index (χ2n) is 14.2. The van der Waals surface area contributed by atoms with Crippen LogP contribution in [-0.4, -0.2) is 4.70 Å². The smallest absolute Gasteiger partial charge is 0.211 e. The average Bonchev–Trinajstić information content (AvgIpc) is 3.37. The lowest BCUT2D eigenvalue weighted by Crippen LogP contribution is -2.09. The second kappa shape index (κ2) is 23.1. The zero-order chi connectivity index (χ0) is 35.3. The molecule has 0 saturated heterocycles. The Morgan fingerprint density at radius 3 is 1.49 bits per heavy atom. The summed E-state index contributed by atoms with van der Waals surface area (Å²) >= 11 is 0. The van der Waals surface area contributed by atoms with E-state index < -0.39 is 0 Å². The number of aryl methyl sites for hydroxylation is 2. The van der Waals surface area contributed by atoms with Crippen molar-refractivity contribution in [1.29, 1.82) is 0 Å². The zero-order valence-electron chi connectivity index (χ0n) is 32.1. The van der Waals surface area contributed by atoms with Crippen LogP contribution in [0.2, 0.25) is 0 Å². The van der Waals surface area contributed by atoms with Gasteiger partial charge in [0.2, 0.25) is 11.4 Å². The van der Waals surface area contributed by atoms with Gasteiger partial charge in [-0.2, -0.15) is 0 Å². The second-order valence-corrected chi connectivity index (χ2v) is 14.2. The summed E-state index contributed by atoms with van der Waals surface area (Å²) in [5.74, 6) is 15.0. The Morgan fingerprint density at radius 1 is 0.551 bits per heavy atom. The average molecular weight is 659 g/mol. The maximum atomic E-state index is 12.2. The molecule has 0 amide bonds. The molecular weight excluding hydrogens is 593 g/mol. The van der Waals surface area contributed by atoms with Crippen molar-refractivity contribution in [2.75, 3.05) is 0 Å². The molecule has 0 aliphatic carbocycles. The number of hydrogen-bond acceptors (Lipinski definition) is 0. The van der Waals surface area contributed by atoms with Crippen LogP contribution in [0.3, 0.4) is 0 Å². The van der Waals surface area contributed by atoms with Crippen molar-refractivity contribution in [2.24, 2.45) is 11.8 Å². The maximum absolute atomic E-state index is 12.2. The van der Waals surface area contributed by atoms with Gasteiger partial charge in [-0.05, 0) is 106 Å². The van der Waals surface area contributed by atoms with Crippen LogP contribution >= 0.6 is 0 Å². The molecule has 0 aromatic heterocycles. The van der Waals surface area contributed by atoms with Gasteiger partial charge in [0, 0.05) is 48.0 Å². The number of nitrogens with zero attached hydrogens (tertiary/aromatic N) is 2. The van der Waals surface area contributed by atoms with E-state index in [1.54, 1.807) is 4.70 Å². The molecule has 2 unspecified atom stereocenters. The van der Waals surface area contributed by atoms with Gasteiger partial charge < -0.3 is 5.53 Å². The molecule has 0 radical (unpaired) electrons. The van der Waals surface area contributed by atoms with Crippen molar-refractivity contribution in [2.45, 2.75) is 164 Å². The highest BCUT2D eigenvalue weighted by Crippen LogP contribution is 2.44. The first-order chi connectivity index (χ1) is 24.0. The van der Waals surface area contributed by atoms with Crippen molar-refractivity contribution in [1.82, 2.24) is 0 Å². The molecule has 0 fully saturated rings. The number of hydrogen-bond donors (Lipinski definition) is 0. The molecule has 49 heavy (non-hydrogen) atoms. The van der Waals surface area contributed by atoms with Crippen molar-refractivity contribution in [3.05, 3.63) is 87.5 Å². The van der Waals surface area contributed by atoms with Crippen LogP contribution in [0.15, 0.2) is 59.7 Å². The minimum atomic E-state index is 0.612. The third-order valence-corrected chi connectivity index (χ3v) is 10.2. The lowest BCUT2D eigenvalue weighted by molar-refractivity contribution is -0.345. The summed E-state index contributed by atoms with van der Waals surface area (Å²) in [5, 5.41) is 0. The predicted octanol–water partition coefficient (Wildman–Crippen LogP) is 13.9. The Labute approximate surface area is 301 Å². The molecule has 2 heteroatoms. The summed E-state index contributed by atoms with van der Waals surface area (Å²) in [6, 6.07) is 17.6. The maximum Gasteiger partial charge on any atom is 0.211 e. The highest BCUT2D eigenvalue weighted by atomic mass is 15.2. The van der Waals surface area contributed by atoms with Crippen LogP contribution in [0, 0.1) is 35.5 Å². The summed E-state index contributed by atoms with van der Waals surface area (Å²) in [5.41, 5.74) is 21.7. The molecule has 1 aliphatic rings. The first-order valence-corrected chi connectivity index (χ1v) is 20.0. The quantitative estimate of drug-likeness (QED) is 0.0942. The zero-order valence-corrected chi connectivity index (χ0v) is 32.1. The summed E-state index contributed by atoms with van der Waals surface area (Å²) in [6.07, 6.45) is 21.1. The molecule has 0 bridgehead atoms. The van der Waals surface area contributed by atoms with Crippen LogP contribution in [0.1, 0.15) is 173 Å². The minimum absolute atomic E-state index is 0.612. The van der Waals surface area contributed by atoms with Gasteiger partial charge in [0.1, 0.15) is 0 Å². The van der Waals surface area contributed by atoms with E-state index in [1.165, 1.54) is 71.9 Å². The van der Waals surface area contributed by atoms with Crippen LogP contribution in [-0.2, 0) is 12.8 Å². The van der Waals surface area contributed by atoms with E-state index in [1.807, 2.05) is 0 Å². The first-order valence-electron chi connectivity index (χ1n) is 20.0. The van der Waals surface area contributed by atoms with Crippen molar-refractivity contribution < 1.29 is 4.70 Å². The molecular formula is C47H66N2. The molecule has 1 heterocycles. The third kappa shape index (κ3) is 12.5. The van der Waals surface area contributed by atoms with Crippen molar-refractivity contribution >= 4 is 11.4 Å². The lowest BCUT2D eigenvalue weighted by Gasteiger charge is -2.18. The van der Waals surface area contributed by atoms with Crippen LogP contribution in [0.4, 0.5) is 0 Å². The summed E-state index contributed by atoms with van der Waals surface area (Å²) in [6.45, 7) is 13.5.